The van der Waals surface area contributed by atoms with Crippen LogP contribution in [0.5, 0.6) is 0 Å². The molecule has 2 aromatic carbocycles. The summed E-state index contributed by atoms with van der Waals surface area (Å²) in [5, 5.41) is 23.5. The van der Waals surface area contributed by atoms with Crippen molar-refractivity contribution >= 4 is 35.0 Å². The van der Waals surface area contributed by atoms with Gasteiger partial charge in [0.25, 0.3) is 5.91 Å². The maximum atomic E-state index is 12.1. The van der Waals surface area contributed by atoms with E-state index in [1.807, 2.05) is 36.6 Å². The van der Waals surface area contributed by atoms with Crippen LogP contribution in [0.1, 0.15) is 10.4 Å². The molecule has 2 rings (SSSR count). The summed E-state index contributed by atoms with van der Waals surface area (Å²) in [4.78, 5) is 24.0. The second-order valence-corrected chi connectivity index (χ2v) is 5.76. The molecule has 0 saturated carbocycles. The smallest absolute Gasteiger partial charge is 0.335 e. The molecule has 126 valence electrons. The molecular formula is C18H15N3O3S. The highest BCUT2D eigenvalue weighted by atomic mass is 32.2. The topological polar surface area (TPSA) is 102 Å². The van der Waals surface area contributed by atoms with Crippen LogP contribution in [0.2, 0.25) is 0 Å². The molecule has 0 aliphatic heterocycles. The molecule has 1 amide bonds. The Labute approximate surface area is 149 Å². The number of aromatic carboxylic acids is 1. The van der Waals surface area contributed by atoms with Crippen LogP contribution in [0, 0.1) is 11.3 Å². The zero-order valence-corrected chi connectivity index (χ0v) is 14.1. The van der Waals surface area contributed by atoms with Crippen molar-refractivity contribution < 1.29 is 14.7 Å². The third kappa shape index (κ3) is 5.12. The Morgan fingerprint density at radius 3 is 2.48 bits per heavy atom. The van der Waals surface area contributed by atoms with Crippen molar-refractivity contribution in [3.63, 3.8) is 0 Å². The van der Waals surface area contributed by atoms with Crippen LogP contribution in [-0.2, 0) is 4.79 Å². The van der Waals surface area contributed by atoms with Gasteiger partial charge < -0.3 is 15.7 Å². The number of nitrogens with one attached hydrogen (secondary N) is 2. The summed E-state index contributed by atoms with van der Waals surface area (Å²) in [6.45, 7) is 0. The third-order valence-electron chi connectivity index (χ3n) is 3.21. The number of hydrogen-bond acceptors (Lipinski definition) is 5. The number of amides is 1. The minimum absolute atomic E-state index is 0.100. The van der Waals surface area contributed by atoms with Gasteiger partial charge in [-0.2, -0.15) is 5.26 Å². The van der Waals surface area contributed by atoms with Crippen molar-refractivity contribution in [2.75, 3.05) is 16.9 Å². The highest BCUT2D eigenvalue weighted by Crippen LogP contribution is 2.19. The number of carbonyl (C=O) groups is 2. The molecule has 0 saturated heterocycles. The predicted molar refractivity (Wildman–Crippen MR) is 97.6 cm³/mol. The highest BCUT2D eigenvalue weighted by molar-refractivity contribution is 7.98. The Morgan fingerprint density at radius 2 is 1.88 bits per heavy atom. The van der Waals surface area contributed by atoms with Crippen molar-refractivity contribution in [2.45, 2.75) is 4.90 Å². The van der Waals surface area contributed by atoms with Crippen LogP contribution in [-0.4, -0.2) is 23.2 Å². The molecule has 2 aromatic rings. The SMILES string of the molecule is CSc1cccc(N/C=C(/C#N)C(=O)Nc2ccc(C(=O)O)cc2)c1. The zero-order chi connectivity index (χ0) is 18.2. The van der Waals surface area contributed by atoms with Crippen LogP contribution in [0.4, 0.5) is 11.4 Å². The monoisotopic (exact) mass is 353 g/mol. The Hall–Kier alpha value is -3.24. The Bertz CT molecular complexity index is 855. The van der Waals surface area contributed by atoms with Gasteiger partial charge in [-0.1, -0.05) is 6.07 Å². The zero-order valence-electron chi connectivity index (χ0n) is 13.3. The minimum Gasteiger partial charge on any atom is -0.478 e. The molecule has 0 unspecified atom stereocenters. The van der Waals surface area contributed by atoms with Crippen LogP contribution >= 0.6 is 11.8 Å². The van der Waals surface area contributed by atoms with E-state index in [-0.39, 0.29) is 11.1 Å². The lowest BCUT2D eigenvalue weighted by atomic mass is 10.2. The second kappa shape index (κ2) is 8.57. The number of hydrogen-bond donors (Lipinski definition) is 3. The van der Waals surface area contributed by atoms with Gasteiger partial charge in [0.1, 0.15) is 11.6 Å². The number of thioether (sulfide) groups is 1. The largest absolute Gasteiger partial charge is 0.478 e. The molecule has 25 heavy (non-hydrogen) atoms. The third-order valence-corrected chi connectivity index (χ3v) is 3.93. The van der Waals surface area contributed by atoms with E-state index in [4.69, 9.17) is 10.4 Å². The van der Waals surface area contributed by atoms with Gasteiger partial charge in [-0.3, -0.25) is 4.79 Å². The fraction of sp³-hybridized carbons (Fsp3) is 0.0556. The van der Waals surface area contributed by atoms with E-state index in [2.05, 4.69) is 10.6 Å². The fourth-order valence-corrected chi connectivity index (χ4v) is 2.37. The molecule has 0 aromatic heterocycles. The molecule has 0 aliphatic rings. The maximum Gasteiger partial charge on any atom is 0.335 e. The van der Waals surface area contributed by atoms with Crippen LogP contribution in [0.15, 0.2) is 65.2 Å². The summed E-state index contributed by atoms with van der Waals surface area (Å²) in [6.07, 6.45) is 3.29. The van der Waals surface area contributed by atoms with E-state index in [0.717, 1.165) is 10.6 Å². The number of nitriles is 1. The van der Waals surface area contributed by atoms with Crippen molar-refractivity contribution in [1.29, 1.82) is 5.26 Å². The maximum absolute atomic E-state index is 12.1. The summed E-state index contributed by atoms with van der Waals surface area (Å²) < 4.78 is 0. The summed E-state index contributed by atoms with van der Waals surface area (Å²) in [5.41, 5.74) is 1.18. The lowest BCUT2D eigenvalue weighted by Crippen LogP contribution is -2.14. The molecule has 0 heterocycles. The van der Waals surface area contributed by atoms with E-state index in [1.54, 1.807) is 11.8 Å². The van der Waals surface area contributed by atoms with Crippen molar-refractivity contribution in [3.05, 3.63) is 65.9 Å². The fourth-order valence-electron chi connectivity index (χ4n) is 1.91. The molecule has 0 bridgehead atoms. The average molecular weight is 353 g/mol. The van der Waals surface area contributed by atoms with Crippen molar-refractivity contribution in [2.24, 2.45) is 0 Å². The Kier molecular flexibility index (Phi) is 6.20. The number of anilines is 2. The summed E-state index contributed by atoms with van der Waals surface area (Å²) in [7, 11) is 0. The molecule has 0 fully saturated rings. The van der Waals surface area contributed by atoms with Crippen LogP contribution in [0.25, 0.3) is 0 Å². The van der Waals surface area contributed by atoms with Crippen LogP contribution < -0.4 is 10.6 Å². The molecule has 0 radical (unpaired) electrons. The van der Waals surface area contributed by atoms with Crippen molar-refractivity contribution in [3.8, 4) is 6.07 Å². The quantitative estimate of drug-likeness (QED) is 0.417. The van der Waals surface area contributed by atoms with Gasteiger partial charge in [0.05, 0.1) is 5.56 Å². The molecule has 0 atom stereocenters. The predicted octanol–water partition coefficient (Wildman–Crippen LogP) is 3.56. The van der Waals surface area contributed by atoms with Crippen LogP contribution in [0.3, 0.4) is 0 Å². The molecule has 7 heteroatoms. The summed E-state index contributed by atoms with van der Waals surface area (Å²) in [6, 6.07) is 15.1. The second-order valence-electron chi connectivity index (χ2n) is 4.88. The summed E-state index contributed by atoms with van der Waals surface area (Å²) >= 11 is 1.59. The first-order chi connectivity index (χ1) is 12.0. The van der Waals surface area contributed by atoms with E-state index in [0.29, 0.717) is 5.69 Å². The van der Waals surface area contributed by atoms with Gasteiger partial charge in [-0.15, -0.1) is 11.8 Å². The normalized spacial score (nSPS) is 10.6. The molecule has 3 N–H and O–H groups in total. The number of carboxylic acids is 1. The molecule has 6 nitrogen and oxygen atoms in total. The molecule has 0 spiro atoms. The first-order valence-corrected chi connectivity index (χ1v) is 8.41. The number of carbonyl (C=O) groups excluding carboxylic acids is 1. The van der Waals surface area contributed by atoms with Gasteiger partial charge in [0.15, 0.2) is 0 Å². The first kappa shape index (κ1) is 18.1. The molecule has 0 aliphatic carbocycles. The lowest BCUT2D eigenvalue weighted by molar-refractivity contribution is -0.112. The van der Waals surface area contributed by atoms with E-state index in [9.17, 15) is 9.59 Å². The number of benzene rings is 2. The number of nitrogens with zero attached hydrogens (tertiary/aromatic N) is 1. The van der Waals surface area contributed by atoms with Gasteiger partial charge in [-0.25, -0.2) is 4.79 Å². The Morgan fingerprint density at radius 1 is 1.16 bits per heavy atom. The minimum atomic E-state index is -1.05. The van der Waals surface area contributed by atoms with E-state index >= 15 is 0 Å². The van der Waals surface area contributed by atoms with Crippen molar-refractivity contribution in [1.82, 2.24) is 0 Å². The summed E-state index contributed by atoms with van der Waals surface area (Å²) in [5.74, 6) is -1.63. The number of carboxylic acid groups (broad SMARTS) is 1. The van der Waals surface area contributed by atoms with Gasteiger partial charge >= 0.3 is 5.97 Å². The van der Waals surface area contributed by atoms with Gasteiger partial charge in [-0.05, 0) is 48.7 Å². The van der Waals surface area contributed by atoms with E-state index < -0.39 is 11.9 Å². The van der Waals surface area contributed by atoms with Gasteiger partial charge in [0, 0.05) is 22.5 Å². The number of rotatable bonds is 6. The highest BCUT2D eigenvalue weighted by Gasteiger charge is 2.10. The van der Waals surface area contributed by atoms with Gasteiger partial charge in [0.2, 0.25) is 0 Å². The average Bonchev–Trinajstić information content (AvgIpc) is 2.63. The first-order valence-electron chi connectivity index (χ1n) is 7.19. The standard InChI is InChI=1S/C18H15N3O3S/c1-25-16-4-2-3-15(9-16)20-11-13(10-19)17(22)21-14-7-5-12(6-8-14)18(23)24/h2-9,11,20H,1H3,(H,21,22)(H,23,24)/b13-11-. The Balaban J connectivity index is 2.07. The van der Waals surface area contributed by atoms with E-state index in [1.165, 1.54) is 30.5 Å². The lowest BCUT2D eigenvalue weighted by Gasteiger charge is -2.06. The molecular weight excluding hydrogens is 338 g/mol.